The monoisotopic (exact) mass is 553 g/mol. The molecule has 1 aliphatic rings. The third kappa shape index (κ3) is 7.14. The molecule has 0 spiro atoms. The van der Waals surface area contributed by atoms with Gasteiger partial charge in [-0.15, -0.1) is 0 Å². The van der Waals surface area contributed by atoms with Crippen LogP contribution in [0.4, 0.5) is 5.69 Å². The molecule has 3 rings (SSSR count). The van der Waals surface area contributed by atoms with Crippen LogP contribution in [-0.2, 0) is 26.2 Å². The number of halogens is 2. The number of hydrogen-bond donors (Lipinski definition) is 1. The Kier molecular flexibility index (Phi) is 9.66. The molecule has 2 aromatic rings. The summed E-state index contributed by atoms with van der Waals surface area (Å²) in [5, 5.41) is 3.55. The van der Waals surface area contributed by atoms with E-state index in [2.05, 4.69) is 5.32 Å². The first kappa shape index (κ1) is 28.3. The van der Waals surface area contributed by atoms with Gasteiger partial charge in [0, 0.05) is 17.6 Å². The number of amides is 2. The Morgan fingerprint density at radius 1 is 1.11 bits per heavy atom. The van der Waals surface area contributed by atoms with E-state index in [9.17, 15) is 18.0 Å². The molecule has 0 aliphatic heterocycles. The molecule has 1 fully saturated rings. The van der Waals surface area contributed by atoms with Crippen molar-refractivity contribution in [3.05, 3.63) is 63.6 Å². The fourth-order valence-electron chi connectivity index (χ4n) is 4.54. The third-order valence-electron chi connectivity index (χ3n) is 6.55. The van der Waals surface area contributed by atoms with E-state index in [-0.39, 0.29) is 29.2 Å². The van der Waals surface area contributed by atoms with E-state index in [1.54, 1.807) is 0 Å². The minimum Gasteiger partial charge on any atom is -0.352 e. The zero-order valence-corrected chi connectivity index (χ0v) is 23.2. The molecular weight excluding hydrogens is 521 g/mol. The van der Waals surface area contributed by atoms with Gasteiger partial charge in [0.2, 0.25) is 21.8 Å². The fraction of sp³-hybridized carbons (Fsp3) is 0.462. The number of rotatable bonds is 10. The normalized spacial score (nSPS) is 14.9. The average Bonchev–Trinajstić information content (AvgIpc) is 3.31. The maximum atomic E-state index is 13.8. The second-order valence-corrected chi connectivity index (χ2v) is 12.0. The maximum absolute atomic E-state index is 13.8. The highest BCUT2D eigenvalue weighted by atomic mass is 35.5. The highest BCUT2D eigenvalue weighted by Crippen LogP contribution is 2.31. The summed E-state index contributed by atoms with van der Waals surface area (Å²) in [7, 11) is -3.88. The summed E-state index contributed by atoms with van der Waals surface area (Å²) in [6.07, 6.45) is 5.38. The standard InChI is InChI=1S/C26H33Cl2N3O4S/c1-4-23(26(33)29-21-11-7-8-12-21)30(16-19-10-6-5-9-18(19)2)25(32)17-31(36(3,34)35)24-14-13-20(27)15-22(24)28/h5-6,9-10,13-15,21,23H,4,7-8,11-12,16-17H2,1-3H3,(H,29,33)/t23-/m0/s1. The van der Waals surface area contributed by atoms with Gasteiger partial charge in [0.05, 0.1) is 17.0 Å². The van der Waals surface area contributed by atoms with Gasteiger partial charge in [0.15, 0.2) is 0 Å². The van der Waals surface area contributed by atoms with Gasteiger partial charge in [-0.25, -0.2) is 8.42 Å². The van der Waals surface area contributed by atoms with Crippen LogP contribution in [0.25, 0.3) is 0 Å². The van der Waals surface area contributed by atoms with Crippen LogP contribution in [0.2, 0.25) is 10.0 Å². The molecule has 196 valence electrons. The minimum absolute atomic E-state index is 0.0994. The topological polar surface area (TPSA) is 86.8 Å². The van der Waals surface area contributed by atoms with Crippen molar-refractivity contribution in [2.75, 3.05) is 17.1 Å². The van der Waals surface area contributed by atoms with Crippen molar-refractivity contribution in [2.24, 2.45) is 0 Å². The molecule has 0 saturated heterocycles. The van der Waals surface area contributed by atoms with Gasteiger partial charge in [0.25, 0.3) is 0 Å². The lowest BCUT2D eigenvalue weighted by Crippen LogP contribution is -2.53. The molecule has 0 bridgehead atoms. The predicted octanol–water partition coefficient (Wildman–Crippen LogP) is 4.93. The van der Waals surface area contributed by atoms with Gasteiger partial charge < -0.3 is 10.2 Å². The second kappa shape index (κ2) is 12.3. The van der Waals surface area contributed by atoms with E-state index < -0.39 is 28.5 Å². The summed E-state index contributed by atoms with van der Waals surface area (Å²) in [5.74, 6) is -0.718. The lowest BCUT2D eigenvalue weighted by Gasteiger charge is -2.34. The van der Waals surface area contributed by atoms with Gasteiger partial charge in [-0.05, 0) is 55.5 Å². The number of anilines is 1. The molecule has 10 heteroatoms. The molecule has 1 atom stereocenters. The van der Waals surface area contributed by atoms with Crippen LogP contribution < -0.4 is 9.62 Å². The van der Waals surface area contributed by atoms with E-state index in [0.717, 1.165) is 47.4 Å². The van der Waals surface area contributed by atoms with Crippen molar-refractivity contribution in [1.29, 1.82) is 0 Å². The van der Waals surface area contributed by atoms with Gasteiger partial charge >= 0.3 is 0 Å². The van der Waals surface area contributed by atoms with Crippen molar-refractivity contribution >= 4 is 50.7 Å². The first-order valence-electron chi connectivity index (χ1n) is 12.1. The van der Waals surface area contributed by atoms with Gasteiger partial charge in [-0.1, -0.05) is 67.2 Å². The molecule has 1 saturated carbocycles. The lowest BCUT2D eigenvalue weighted by atomic mass is 10.1. The maximum Gasteiger partial charge on any atom is 0.244 e. The smallest absolute Gasteiger partial charge is 0.244 e. The summed E-state index contributed by atoms with van der Waals surface area (Å²) in [6.45, 7) is 3.46. The van der Waals surface area contributed by atoms with E-state index in [0.29, 0.717) is 11.4 Å². The first-order valence-corrected chi connectivity index (χ1v) is 14.7. The van der Waals surface area contributed by atoms with Crippen molar-refractivity contribution in [1.82, 2.24) is 10.2 Å². The number of sulfonamides is 1. The summed E-state index contributed by atoms with van der Waals surface area (Å²) < 4.78 is 26.4. The largest absolute Gasteiger partial charge is 0.352 e. The van der Waals surface area contributed by atoms with E-state index in [4.69, 9.17) is 23.2 Å². The number of carbonyl (C=O) groups is 2. The number of nitrogens with one attached hydrogen (secondary N) is 1. The molecule has 7 nitrogen and oxygen atoms in total. The van der Waals surface area contributed by atoms with Crippen LogP contribution in [0.1, 0.15) is 50.2 Å². The van der Waals surface area contributed by atoms with Crippen LogP contribution in [0.15, 0.2) is 42.5 Å². The zero-order valence-electron chi connectivity index (χ0n) is 20.8. The quantitative estimate of drug-likeness (QED) is 0.451. The number of nitrogens with zero attached hydrogens (tertiary/aromatic N) is 2. The summed E-state index contributed by atoms with van der Waals surface area (Å²) in [5.41, 5.74) is 2.01. The molecule has 2 amide bonds. The predicted molar refractivity (Wildman–Crippen MR) is 145 cm³/mol. The van der Waals surface area contributed by atoms with Crippen molar-refractivity contribution in [2.45, 2.75) is 64.6 Å². The molecule has 0 radical (unpaired) electrons. The van der Waals surface area contributed by atoms with Gasteiger partial charge in [-0.2, -0.15) is 0 Å². The Labute approximate surface area is 223 Å². The SMILES string of the molecule is CC[C@@H](C(=O)NC1CCCC1)N(Cc1ccccc1C)C(=O)CN(c1ccc(Cl)cc1Cl)S(C)(=O)=O. The van der Waals surface area contributed by atoms with Crippen LogP contribution in [0.3, 0.4) is 0 Å². The van der Waals surface area contributed by atoms with Gasteiger partial charge in [-0.3, -0.25) is 13.9 Å². The molecule has 1 aliphatic carbocycles. The highest BCUT2D eigenvalue weighted by Gasteiger charge is 2.33. The van der Waals surface area contributed by atoms with Gasteiger partial charge in [0.1, 0.15) is 12.6 Å². The Balaban J connectivity index is 1.95. The van der Waals surface area contributed by atoms with Crippen LogP contribution in [-0.4, -0.2) is 50.0 Å². The zero-order chi connectivity index (χ0) is 26.5. The van der Waals surface area contributed by atoms with E-state index >= 15 is 0 Å². The Morgan fingerprint density at radius 3 is 2.36 bits per heavy atom. The molecule has 1 N–H and O–H groups in total. The highest BCUT2D eigenvalue weighted by molar-refractivity contribution is 7.92. The average molecular weight is 555 g/mol. The Hall–Kier alpha value is -2.29. The van der Waals surface area contributed by atoms with E-state index in [1.165, 1.54) is 23.1 Å². The van der Waals surface area contributed by atoms with Crippen molar-refractivity contribution in [3.63, 3.8) is 0 Å². The molecule has 0 heterocycles. The number of aryl methyl sites for hydroxylation is 1. The molecule has 2 aromatic carbocycles. The van der Waals surface area contributed by atoms with Crippen molar-refractivity contribution < 1.29 is 18.0 Å². The molecule has 0 aromatic heterocycles. The minimum atomic E-state index is -3.88. The van der Waals surface area contributed by atoms with Crippen LogP contribution in [0.5, 0.6) is 0 Å². The lowest BCUT2D eigenvalue weighted by molar-refractivity contribution is -0.140. The third-order valence-corrected chi connectivity index (χ3v) is 8.21. The van der Waals surface area contributed by atoms with Crippen molar-refractivity contribution in [3.8, 4) is 0 Å². The second-order valence-electron chi connectivity index (χ2n) is 9.23. The summed E-state index contributed by atoms with van der Waals surface area (Å²) >= 11 is 12.3. The van der Waals surface area contributed by atoms with Crippen LogP contribution in [0, 0.1) is 6.92 Å². The van der Waals surface area contributed by atoms with E-state index in [1.807, 2.05) is 38.1 Å². The Morgan fingerprint density at radius 2 is 1.78 bits per heavy atom. The molecule has 0 unspecified atom stereocenters. The number of benzene rings is 2. The first-order chi connectivity index (χ1) is 17.0. The van der Waals surface area contributed by atoms with Crippen LogP contribution >= 0.6 is 23.2 Å². The summed E-state index contributed by atoms with van der Waals surface area (Å²) in [6, 6.07) is 11.4. The number of hydrogen-bond acceptors (Lipinski definition) is 4. The summed E-state index contributed by atoms with van der Waals surface area (Å²) in [4.78, 5) is 28.6. The molecular formula is C26H33Cl2N3O4S. The number of carbonyl (C=O) groups excluding carboxylic acids is 2. The molecule has 36 heavy (non-hydrogen) atoms. The Bertz CT molecular complexity index is 1200. The fourth-order valence-corrected chi connectivity index (χ4v) is 5.96.